The van der Waals surface area contributed by atoms with Gasteiger partial charge in [0.15, 0.2) is 0 Å². The molecule has 0 fully saturated rings. The Hall–Kier alpha value is -1.72. The molecule has 2 aromatic rings. The molecule has 2 rings (SSSR count). The lowest BCUT2D eigenvalue weighted by Gasteiger charge is -2.22. The van der Waals surface area contributed by atoms with Crippen molar-refractivity contribution in [1.29, 1.82) is 0 Å². The molecular weight excluding hydrogens is 332 g/mol. The van der Waals surface area contributed by atoms with Crippen molar-refractivity contribution in [2.75, 3.05) is 20.3 Å². The number of pyridine rings is 1. The second-order valence-corrected chi connectivity index (χ2v) is 5.50. The fourth-order valence-corrected chi connectivity index (χ4v) is 2.20. The summed E-state index contributed by atoms with van der Waals surface area (Å²) in [5.41, 5.74) is 1.72. The van der Waals surface area contributed by atoms with Crippen LogP contribution in [0.2, 0.25) is 0 Å². The van der Waals surface area contributed by atoms with Gasteiger partial charge in [-0.3, -0.25) is 9.78 Å². The number of nitrogens with zero attached hydrogens (tertiary/aromatic N) is 2. The first-order valence-corrected chi connectivity index (χ1v) is 7.42. The van der Waals surface area contributed by atoms with Gasteiger partial charge in [-0.05, 0) is 42.0 Å². The van der Waals surface area contributed by atoms with Gasteiger partial charge in [0, 0.05) is 42.6 Å². The molecule has 0 unspecified atom stereocenters. The van der Waals surface area contributed by atoms with E-state index in [9.17, 15) is 4.79 Å². The Balaban J connectivity index is 2.14. The van der Waals surface area contributed by atoms with Gasteiger partial charge in [-0.25, -0.2) is 0 Å². The van der Waals surface area contributed by atoms with Crippen LogP contribution in [0, 0.1) is 0 Å². The lowest BCUT2D eigenvalue weighted by atomic mass is 10.1. The van der Waals surface area contributed by atoms with Gasteiger partial charge in [0.05, 0.1) is 6.61 Å². The van der Waals surface area contributed by atoms with Gasteiger partial charge in [-0.2, -0.15) is 0 Å². The van der Waals surface area contributed by atoms with Crippen LogP contribution in [0.5, 0.6) is 0 Å². The Kier molecular flexibility index (Phi) is 5.90. The van der Waals surface area contributed by atoms with E-state index in [0.29, 0.717) is 25.3 Å². The summed E-state index contributed by atoms with van der Waals surface area (Å²) >= 11 is 3.38. The summed E-state index contributed by atoms with van der Waals surface area (Å²) in [4.78, 5) is 18.4. The van der Waals surface area contributed by atoms with Crippen molar-refractivity contribution >= 4 is 21.8 Å². The predicted octanol–water partition coefficient (Wildman–Crippen LogP) is 3.13. The van der Waals surface area contributed by atoms with E-state index in [1.165, 1.54) is 0 Å². The Morgan fingerprint density at radius 2 is 1.86 bits per heavy atom. The molecule has 21 heavy (non-hydrogen) atoms. The number of benzene rings is 1. The van der Waals surface area contributed by atoms with Crippen molar-refractivity contribution in [3.63, 3.8) is 0 Å². The minimum Gasteiger partial charge on any atom is -0.383 e. The highest BCUT2D eigenvalue weighted by Gasteiger charge is 2.15. The fraction of sp³-hybridized carbons (Fsp3) is 0.250. The molecule has 0 aliphatic rings. The summed E-state index contributed by atoms with van der Waals surface area (Å²) < 4.78 is 6.06. The highest BCUT2D eigenvalue weighted by molar-refractivity contribution is 9.10. The molecule has 4 nitrogen and oxygen atoms in total. The van der Waals surface area contributed by atoms with E-state index < -0.39 is 0 Å². The highest BCUT2D eigenvalue weighted by Crippen LogP contribution is 2.14. The molecule has 1 aromatic heterocycles. The second-order valence-electron chi connectivity index (χ2n) is 4.58. The van der Waals surface area contributed by atoms with E-state index in [4.69, 9.17) is 4.74 Å². The van der Waals surface area contributed by atoms with Crippen molar-refractivity contribution < 1.29 is 9.53 Å². The van der Waals surface area contributed by atoms with Gasteiger partial charge in [-0.1, -0.05) is 15.9 Å². The summed E-state index contributed by atoms with van der Waals surface area (Å²) in [6, 6.07) is 11.2. The maximum absolute atomic E-state index is 12.6. The van der Waals surface area contributed by atoms with Crippen LogP contribution in [0.1, 0.15) is 15.9 Å². The van der Waals surface area contributed by atoms with Crippen molar-refractivity contribution in [3.05, 3.63) is 64.4 Å². The number of aromatic nitrogens is 1. The van der Waals surface area contributed by atoms with Gasteiger partial charge < -0.3 is 9.64 Å². The van der Waals surface area contributed by atoms with Crippen molar-refractivity contribution in [2.24, 2.45) is 0 Å². The number of ether oxygens (including phenoxy) is 1. The van der Waals surface area contributed by atoms with Crippen LogP contribution in [0.3, 0.4) is 0 Å². The van der Waals surface area contributed by atoms with Crippen LogP contribution in [0.15, 0.2) is 53.3 Å². The number of hydrogen-bond acceptors (Lipinski definition) is 3. The molecule has 0 bridgehead atoms. The molecule has 0 radical (unpaired) electrons. The first kappa shape index (κ1) is 15.7. The number of rotatable bonds is 6. The Bertz CT molecular complexity index is 573. The summed E-state index contributed by atoms with van der Waals surface area (Å²) in [6.07, 6.45) is 3.46. The number of methoxy groups -OCH3 is 1. The molecule has 1 aromatic carbocycles. The largest absolute Gasteiger partial charge is 0.383 e. The molecule has 5 heteroatoms. The summed E-state index contributed by atoms with van der Waals surface area (Å²) in [5, 5.41) is 0. The van der Waals surface area contributed by atoms with Crippen molar-refractivity contribution in [2.45, 2.75) is 6.54 Å². The molecule has 0 aliphatic heterocycles. The van der Waals surface area contributed by atoms with E-state index in [-0.39, 0.29) is 5.91 Å². The first-order valence-electron chi connectivity index (χ1n) is 6.63. The van der Waals surface area contributed by atoms with Crippen LogP contribution < -0.4 is 0 Å². The van der Waals surface area contributed by atoms with E-state index in [0.717, 1.165) is 10.0 Å². The third-order valence-corrected chi connectivity index (χ3v) is 3.60. The molecule has 0 saturated heterocycles. The van der Waals surface area contributed by atoms with Crippen LogP contribution in [-0.4, -0.2) is 36.1 Å². The number of hydrogen-bond donors (Lipinski definition) is 0. The number of carbonyl (C=O) groups excluding carboxylic acids is 1. The van der Waals surface area contributed by atoms with Gasteiger partial charge >= 0.3 is 0 Å². The number of carbonyl (C=O) groups is 1. The Morgan fingerprint density at radius 3 is 2.48 bits per heavy atom. The lowest BCUT2D eigenvalue weighted by Crippen LogP contribution is -2.33. The number of amides is 1. The molecule has 1 heterocycles. The zero-order valence-corrected chi connectivity index (χ0v) is 13.4. The van der Waals surface area contributed by atoms with Crippen molar-refractivity contribution in [3.8, 4) is 0 Å². The standard InChI is InChI=1S/C16H17BrN2O2/c1-21-11-10-19(12-13-6-8-18-9-7-13)16(20)14-2-4-15(17)5-3-14/h2-9H,10-12H2,1H3. The average Bonchev–Trinajstić information content (AvgIpc) is 2.52. The molecule has 0 atom stereocenters. The normalized spacial score (nSPS) is 10.4. The topological polar surface area (TPSA) is 42.4 Å². The SMILES string of the molecule is COCCN(Cc1ccncc1)C(=O)c1ccc(Br)cc1. The van der Waals surface area contributed by atoms with Crippen LogP contribution in [0.4, 0.5) is 0 Å². The molecular formula is C16H17BrN2O2. The van der Waals surface area contributed by atoms with Gasteiger partial charge in [0.25, 0.3) is 5.91 Å². The molecule has 1 amide bonds. The average molecular weight is 349 g/mol. The number of halogens is 1. The monoisotopic (exact) mass is 348 g/mol. The fourth-order valence-electron chi connectivity index (χ4n) is 1.94. The van der Waals surface area contributed by atoms with E-state index in [1.807, 2.05) is 36.4 Å². The highest BCUT2D eigenvalue weighted by atomic mass is 79.9. The zero-order chi connectivity index (χ0) is 15.1. The van der Waals surface area contributed by atoms with Crippen LogP contribution >= 0.6 is 15.9 Å². The molecule has 0 spiro atoms. The minimum absolute atomic E-state index is 0.00337. The maximum Gasteiger partial charge on any atom is 0.254 e. The van der Waals surface area contributed by atoms with Crippen molar-refractivity contribution in [1.82, 2.24) is 9.88 Å². The summed E-state index contributed by atoms with van der Waals surface area (Å²) in [7, 11) is 1.63. The maximum atomic E-state index is 12.6. The van der Waals surface area contributed by atoms with Gasteiger partial charge in [0.1, 0.15) is 0 Å². The van der Waals surface area contributed by atoms with Crippen LogP contribution in [0.25, 0.3) is 0 Å². The molecule has 0 saturated carbocycles. The Labute approximate surface area is 132 Å². The van der Waals surface area contributed by atoms with Gasteiger partial charge in [0.2, 0.25) is 0 Å². The third kappa shape index (κ3) is 4.65. The first-order chi connectivity index (χ1) is 10.2. The van der Waals surface area contributed by atoms with Gasteiger partial charge in [-0.15, -0.1) is 0 Å². The van der Waals surface area contributed by atoms with E-state index >= 15 is 0 Å². The molecule has 0 N–H and O–H groups in total. The quantitative estimate of drug-likeness (QED) is 0.805. The van der Waals surface area contributed by atoms with Crippen LogP contribution in [-0.2, 0) is 11.3 Å². The lowest BCUT2D eigenvalue weighted by molar-refractivity contribution is 0.0680. The Morgan fingerprint density at radius 1 is 1.19 bits per heavy atom. The van der Waals surface area contributed by atoms with E-state index in [1.54, 1.807) is 24.4 Å². The molecule has 0 aliphatic carbocycles. The zero-order valence-electron chi connectivity index (χ0n) is 11.8. The summed E-state index contributed by atoms with van der Waals surface area (Å²) in [5.74, 6) is -0.00337. The minimum atomic E-state index is -0.00337. The summed E-state index contributed by atoms with van der Waals surface area (Å²) in [6.45, 7) is 1.60. The predicted molar refractivity (Wildman–Crippen MR) is 85.0 cm³/mol. The third-order valence-electron chi connectivity index (χ3n) is 3.07. The second kappa shape index (κ2) is 7.90. The van der Waals surface area contributed by atoms with E-state index in [2.05, 4.69) is 20.9 Å². The molecule has 110 valence electrons. The smallest absolute Gasteiger partial charge is 0.254 e.